The molecule has 0 radical (unpaired) electrons. The van der Waals surface area contributed by atoms with E-state index in [1.54, 1.807) is 6.07 Å². The van der Waals surface area contributed by atoms with Gasteiger partial charge in [-0.1, -0.05) is 0 Å². The minimum atomic E-state index is -3.93. The summed E-state index contributed by atoms with van der Waals surface area (Å²) in [7, 11) is -3.93. The summed E-state index contributed by atoms with van der Waals surface area (Å²) in [5, 5.41) is 4.93. The summed E-state index contributed by atoms with van der Waals surface area (Å²) in [5.41, 5.74) is 0.790. The maximum atomic E-state index is 12.8. The topological polar surface area (TPSA) is 107 Å². The van der Waals surface area contributed by atoms with Crippen LogP contribution >= 0.6 is 23.1 Å². The highest BCUT2D eigenvalue weighted by Gasteiger charge is 2.27. The first-order valence-electron chi connectivity index (χ1n) is 8.53. The van der Waals surface area contributed by atoms with Crippen molar-refractivity contribution in [1.29, 1.82) is 0 Å². The number of hydrogen-bond donors (Lipinski definition) is 2. The molecule has 0 fully saturated rings. The zero-order valence-corrected chi connectivity index (χ0v) is 17.9. The number of rotatable bonds is 8. The normalized spacial score (nSPS) is 14.5. The fourth-order valence-corrected chi connectivity index (χ4v) is 4.94. The molecule has 0 unspecified atom stereocenters. The third kappa shape index (κ3) is 5.16. The van der Waals surface area contributed by atoms with E-state index in [1.165, 1.54) is 35.2 Å². The number of hydrogen-bond acceptors (Lipinski definition) is 8. The van der Waals surface area contributed by atoms with Gasteiger partial charge in [-0.05, 0) is 37.5 Å². The Labute approximate surface area is 172 Å². The number of nitrogens with one attached hydrogen (secondary N) is 2. The van der Waals surface area contributed by atoms with Crippen molar-refractivity contribution >= 4 is 44.2 Å². The van der Waals surface area contributed by atoms with Crippen molar-refractivity contribution in [1.82, 2.24) is 9.71 Å². The lowest BCUT2D eigenvalue weighted by atomic mass is 10.2. The lowest BCUT2D eigenvalue weighted by molar-refractivity contribution is -0.117. The predicted octanol–water partition coefficient (Wildman–Crippen LogP) is 2.26. The quantitative estimate of drug-likeness (QED) is 0.644. The van der Waals surface area contributed by atoms with Crippen LogP contribution in [0.1, 0.15) is 12.1 Å². The van der Waals surface area contributed by atoms with E-state index < -0.39 is 22.0 Å². The first-order chi connectivity index (χ1) is 13.4. The lowest BCUT2D eigenvalue weighted by Crippen LogP contribution is -2.44. The summed E-state index contributed by atoms with van der Waals surface area (Å²) in [5.74, 6) is 1.06. The molecule has 1 atom stereocenters. The van der Waals surface area contributed by atoms with Crippen molar-refractivity contribution in [2.75, 3.05) is 30.5 Å². The fraction of sp³-hybridized carbons (Fsp3) is 0.412. The van der Waals surface area contributed by atoms with Crippen LogP contribution in [0.3, 0.4) is 0 Å². The molecule has 11 heteroatoms. The molecule has 1 aromatic heterocycles. The van der Waals surface area contributed by atoms with E-state index in [9.17, 15) is 13.2 Å². The first kappa shape index (κ1) is 20.9. The molecule has 2 heterocycles. The molecule has 1 aromatic carbocycles. The van der Waals surface area contributed by atoms with E-state index in [0.29, 0.717) is 42.0 Å². The summed E-state index contributed by atoms with van der Waals surface area (Å²) in [6.07, 6.45) is 2.25. The van der Waals surface area contributed by atoms with Gasteiger partial charge in [0.2, 0.25) is 15.9 Å². The van der Waals surface area contributed by atoms with Crippen molar-refractivity contribution in [3.8, 4) is 11.5 Å². The summed E-state index contributed by atoms with van der Waals surface area (Å²) < 4.78 is 39.1. The summed E-state index contributed by atoms with van der Waals surface area (Å²) >= 11 is 2.83. The third-order valence-corrected chi connectivity index (χ3v) is 6.89. The Morgan fingerprint density at radius 3 is 2.75 bits per heavy atom. The van der Waals surface area contributed by atoms with Crippen LogP contribution in [0.25, 0.3) is 0 Å². The first-order valence-corrected chi connectivity index (χ1v) is 12.3. The third-order valence-electron chi connectivity index (χ3n) is 3.90. The molecule has 1 aliphatic rings. The Kier molecular flexibility index (Phi) is 6.81. The number of carbonyl (C=O) groups is 1. The van der Waals surface area contributed by atoms with Crippen LogP contribution in [0.5, 0.6) is 11.5 Å². The summed E-state index contributed by atoms with van der Waals surface area (Å²) in [6.45, 7) is 2.60. The molecule has 1 amide bonds. The van der Waals surface area contributed by atoms with Crippen LogP contribution in [-0.4, -0.2) is 50.6 Å². The molecule has 0 saturated carbocycles. The monoisotopic (exact) mass is 443 g/mol. The van der Waals surface area contributed by atoms with E-state index >= 15 is 0 Å². The Bertz CT molecular complexity index is 945. The van der Waals surface area contributed by atoms with Gasteiger partial charge in [0.1, 0.15) is 19.3 Å². The van der Waals surface area contributed by atoms with E-state index in [4.69, 9.17) is 9.47 Å². The lowest BCUT2D eigenvalue weighted by Gasteiger charge is -2.20. The number of thiazole rings is 1. The zero-order valence-electron chi connectivity index (χ0n) is 15.4. The molecule has 0 spiro atoms. The van der Waals surface area contributed by atoms with Crippen LogP contribution in [0.2, 0.25) is 0 Å². The highest BCUT2D eigenvalue weighted by molar-refractivity contribution is 7.98. The number of anilines is 1. The molecule has 0 aliphatic carbocycles. The van der Waals surface area contributed by atoms with Gasteiger partial charge in [-0.2, -0.15) is 16.5 Å². The van der Waals surface area contributed by atoms with Crippen LogP contribution in [-0.2, 0) is 14.8 Å². The van der Waals surface area contributed by atoms with E-state index in [0.717, 1.165) is 5.69 Å². The van der Waals surface area contributed by atoms with Gasteiger partial charge in [0, 0.05) is 11.4 Å². The van der Waals surface area contributed by atoms with Crippen LogP contribution in [0.4, 0.5) is 5.13 Å². The van der Waals surface area contributed by atoms with Crippen molar-refractivity contribution in [2.24, 2.45) is 0 Å². The molecule has 8 nitrogen and oxygen atoms in total. The number of nitrogens with zero attached hydrogens (tertiary/aromatic N) is 1. The molecule has 28 heavy (non-hydrogen) atoms. The van der Waals surface area contributed by atoms with Crippen molar-refractivity contribution in [3.05, 3.63) is 29.3 Å². The number of ether oxygens (including phenoxy) is 2. The van der Waals surface area contributed by atoms with Crippen molar-refractivity contribution in [2.45, 2.75) is 24.3 Å². The van der Waals surface area contributed by atoms with E-state index in [-0.39, 0.29) is 4.90 Å². The van der Waals surface area contributed by atoms with Gasteiger partial charge >= 0.3 is 0 Å². The fourth-order valence-electron chi connectivity index (χ4n) is 2.53. The molecule has 3 rings (SSSR count). The number of thioether (sulfide) groups is 1. The van der Waals surface area contributed by atoms with Crippen molar-refractivity contribution in [3.63, 3.8) is 0 Å². The Balaban J connectivity index is 1.77. The average Bonchev–Trinajstić information content (AvgIpc) is 3.09. The Morgan fingerprint density at radius 2 is 2.07 bits per heavy atom. The largest absolute Gasteiger partial charge is 0.486 e. The van der Waals surface area contributed by atoms with Gasteiger partial charge in [-0.15, -0.1) is 11.3 Å². The molecule has 1 aliphatic heterocycles. The summed E-state index contributed by atoms with van der Waals surface area (Å²) in [6, 6.07) is 3.47. The SMILES string of the molecule is CSCC[C@H](NS(=O)(=O)c1ccc2c(c1)OCCO2)C(=O)Nc1nc(C)cs1. The second-order valence-corrected chi connectivity index (χ2v) is 9.60. The number of aryl methyl sites for hydroxylation is 1. The van der Waals surface area contributed by atoms with Gasteiger partial charge in [0.25, 0.3) is 0 Å². The van der Waals surface area contributed by atoms with Crippen molar-refractivity contribution < 1.29 is 22.7 Å². The van der Waals surface area contributed by atoms with Gasteiger partial charge in [-0.3, -0.25) is 4.79 Å². The molecular formula is C17H21N3O5S3. The smallest absolute Gasteiger partial charge is 0.244 e. The highest BCUT2D eigenvalue weighted by atomic mass is 32.2. The molecule has 0 saturated heterocycles. The maximum absolute atomic E-state index is 12.8. The number of benzene rings is 1. The minimum Gasteiger partial charge on any atom is -0.486 e. The Hall–Kier alpha value is -1.82. The molecule has 152 valence electrons. The number of sulfonamides is 1. The molecule has 2 aromatic rings. The van der Waals surface area contributed by atoms with Gasteiger partial charge in [0.15, 0.2) is 16.6 Å². The number of aromatic nitrogens is 1. The maximum Gasteiger partial charge on any atom is 0.244 e. The van der Waals surface area contributed by atoms with Gasteiger partial charge in [0.05, 0.1) is 10.6 Å². The molecule has 0 bridgehead atoms. The average molecular weight is 444 g/mol. The van der Waals surface area contributed by atoms with E-state index in [1.807, 2.05) is 18.6 Å². The zero-order chi connectivity index (χ0) is 20.1. The molecule has 2 N–H and O–H groups in total. The number of fused-ring (bicyclic) bond motifs is 1. The minimum absolute atomic E-state index is 0.0174. The van der Waals surface area contributed by atoms with Crippen LogP contribution in [0, 0.1) is 6.92 Å². The van der Waals surface area contributed by atoms with Crippen LogP contribution in [0.15, 0.2) is 28.5 Å². The number of carbonyl (C=O) groups excluding carboxylic acids is 1. The molecular weight excluding hydrogens is 422 g/mol. The highest BCUT2D eigenvalue weighted by Crippen LogP contribution is 2.32. The van der Waals surface area contributed by atoms with Gasteiger partial charge < -0.3 is 14.8 Å². The second kappa shape index (κ2) is 9.12. The predicted molar refractivity (Wildman–Crippen MR) is 110 cm³/mol. The van der Waals surface area contributed by atoms with Crippen LogP contribution < -0.4 is 19.5 Å². The Morgan fingerprint density at radius 1 is 1.32 bits per heavy atom. The standard InChI is InChI=1S/C17H21N3O5S3/c1-11-10-27-17(18-11)19-16(21)13(5-8-26-2)20-28(22,23)12-3-4-14-15(9-12)25-7-6-24-14/h3-4,9-10,13,20H,5-8H2,1-2H3,(H,18,19,21)/t13-/m0/s1. The van der Waals surface area contributed by atoms with Gasteiger partial charge in [-0.25, -0.2) is 13.4 Å². The van der Waals surface area contributed by atoms with E-state index in [2.05, 4.69) is 15.0 Å². The second-order valence-electron chi connectivity index (χ2n) is 6.04. The number of amides is 1. The summed E-state index contributed by atoms with van der Waals surface area (Å²) in [4.78, 5) is 16.9.